The van der Waals surface area contributed by atoms with Crippen molar-refractivity contribution in [2.45, 2.75) is 141 Å². The van der Waals surface area contributed by atoms with E-state index in [1.54, 1.807) is 14.2 Å². The van der Waals surface area contributed by atoms with Gasteiger partial charge in [-0.1, -0.05) is 88.2 Å². The van der Waals surface area contributed by atoms with E-state index in [0.717, 1.165) is 46.8 Å². The third kappa shape index (κ3) is 12.4. The minimum absolute atomic E-state index is 0.0159. The summed E-state index contributed by atoms with van der Waals surface area (Å²) in [6.45, 7) is 8.01. The van der Waals surface area contributed by atoms with Gasteiger partial charge in [0.15, 0.2) is 0 Å². The van der Waals surface area contributed by atoms with E-state index in [1.165, 1.54) is 94.2 Å². The van der Waals surface area contributed by atoms with Gasteiger partial charge >= 0.3 is 5.69 Å². The van der Waals surface area contributed by atoms with E-state index in [9.17, 15) is 28.8 Å². The summed E-state index contributed by atoms with van der Waals surface area (Å²) in [6, 6.07) is 25.0. The van der Waals surface area contributed by atoms with Crippen LogP contribution < -0.4 is 36.7 Å². The van der Waals surface area contributed by atoms with E-state index < -0.39 is 41.0 Å². The average Bonchev–Trinajstić information content (AvgIpc) is 4.24. The highest BCUT2D eigenvalue weighted by Gasteiger charge is 2.60. The number of nitrogens with zero attached hydrogens (tertiary/aromatic N) is 1. The highest BCUT2D eigenvalue weighted by atomic mass is 16.6. The number of amides is 3. The Kier molecular flexibility index (Phi) is 18.7. The molecule has 1 saturated heterocycles. The number of hydrogen-bond acceptors (Lipinski definition) is 10. The van der Waals surface area contributed by atoms with Gasteiger partial charge in [-0.15, -0.1) is 0 Å². The molecular weight excluding hydrogens is 1010 g/mol. The van der Waals surface area contributed by atoms with E-state index in [4.69, 9.17) is 18.9 Å². The van der Waals surface area contributed by atoms with Crippen molar-refractivity contribution in [3.05, 3.63) is 134 Å². The van der Waals surface area contributed by atoms with Crippen molar-refractivity contribution in [2.24, 2.45) is 52.3 Å². The van der Waals surface area contributed by atoms with Crippen LogP contribution in [0.15, 0.2) is 101 Å². The lowest BCUT2D eigenvalue weighted by Gasteiger charge is -2.61. The molecule has 9 rings (SSSR count). The summed E-state index contributed by atoms with van der Waals surface area (Å²) in [5, 5.41) is 8.35. The van der Waals surface area contributed by atoms with Gasteiger partial charge in [0.25, 0.3) is 5.56 Å². The van der Waals surface area contributed by atoms with Gasteiger partial charge in [-0.2, -0.15) is 0 Å². The van der Waals surface area contributed by atoms with E-state index in [2.05, 4.69) is 41.7 Å². The van der Waals surface area contributed by atoms with Gasteiger partial charge in [-0.05, 0) is 163 Å². The second kappa shape index (κ2) is 25.6. The van der Waals surface area contributed by atoms with E-state index >= 15 is 0 Å². The van der Waals surface area contributed by atoms with Crippen molar-refractivity contribution in [3.63, 3.8) is 0 Å². The van der Waals surface area contributed by atoms with Gasteiger partial charge in [-0.25, -0.2) is 4.79 Å². The van der Waals surface area contributed by atoms with E-state index in [-0.39, 0.29) is 68.5 Å². The Balaban J connectivity index is 0.825. The zero-order valence-corrected chi connectivity index (χ0v) is 47.9. The van der Waals surface area contributed by atoms with Crippen LogP contribution >= 0.6 is 0 Å². The van der Waals surface area contributed by atoms with Crippen molar-refractivity contribution in [3.8, 4) is 11.5 Å². The zero-order chi connectivity index (χ0) is 56.6. The summed E-state index contributed by atoms with van der Waals surface area (Å²) in [7, 11) is 4.73. The van der Waals surface area contributed by atoms with Crippen LogP contribution in [0.25, 0.3) is 6.08 Å². The number of fused-ring (bicyclic) bond motifs is 5. The first-order chi connectivity index (χ1) is 38.6. The second-order valence-corrected chi connectivity index (χ2v) is 24.2. The summed E-state index contributed by atoms with van der Waals surface area (Å²) in [6.07, 6.45) is 17.6. The molecule has 11 atom stereocenters. The minimum atomic E-state index is -1.21. The number of benzene rings is 3. The van der Waals surface area contributed by atoms with Crippen LogP contribution in [0.1, 0.15) is 152 Å². The summed E-state index contributed by atoms with van der Waals surface area (Å²) >= 11 is 0. The number of rotatable bonds is 23. The topological polar surface area (TPSA) is 196 Å². The van der Waals surface area contributed by atoms with Gasteiger partial charge in [0.1, 0.15) is 29.1 Å². The average molecular weight is 1100 g/mol. The largest absolute Gasteiger partial charge is 0.497 e. The van der Waals surface area contributed by atoms with Crippen LogP contribution in [0.2, 0.25) is 0 Å². The molecule has 0 bridgehead atoms. The number of ketones is 1. The number of Topliss-reactive ketones (excluding diaryl/α,β-unsaturated/α-hetero) is 1. The molecule has 1 aromatic heterocycles. The number of H-pyrrole nitrogens is 1. The first-order valence-electron chi connectivity index (χ1n) is 29.5. The quantitative estimate of drug-likeness (QED) is 0.0315. The number of carbonyl (C=O) groups excluding carboxylic acids is 4. The smallest absolute Gasteiger partial charge is 0.330 e. The summed E-state index contributed by atoms with van der Waals surface area (Å²) in [4.78, 5) is 81.2. The lowest BCUT2D eigenvalue weighted by Crippen LogP contribution is -2.53. The Morgan fingerprint density at radius 2 is 1.45 bits per heavy atom. The van der Waals surface area contributed by atoms with Gasteiger partial charge in [-0.3, -0.25) is 33.5 Å². The van der Waals surface area contributed by atoms with Crippen molar-refractivity contribution in [1.29, 1.82) is 0 Å². The minimum Gasteiger partial charge on any atom is -0.497 e. The molecule has 1 aliphatic heterocycles. The van der Waals surface area contributed by atoms with Crippen LogP contribution in [-0.2, 0) is 34.3 Å². The Labute approximate surface area is 471 Å². The van der Waals surface area contributed by atoms with Crippen molar-refractivity contribution in [2.75, 3.05) is 41.0 Å². The summed E-state index contributed by atoms with van der Waals surface area (Å²) in [5.74, 6) is 4.52. The monoisotopic (exact) mass is 1100 g/mol. The fourth-order valence-corrected chi connectivity index (χ4v) is 15.8. The Bertz CT molecular complexity index is 2890. The summed E-state index contributed by atoms with van der Waals surface area (Å²) in [5.41, 5.74) is 0.687. The molecule has 3 aromatic carbocycles. The fourth-order valence-electron chi connectivity index (χ4n) is 15.8. The van der Waals surface area contributed by atoms with Gasteiger partial charge in [0.2, 0.25) is 17.7 Å². The molecule has 80 heavy (non-hydrogen) atoms. The molecule has 15 heteroatoms. The molecule has 0 spiro atoms. The van der Waals surface area contributed by atoms with Crippen molar-refractivity contribution < 1.29 is 38.1 Å². The van der Waals surface area contributed by atoms with Gasteiger partial charge in [0.05, 0.1) is 32.5 Å². The van der Waals surface area contributed by atoms with E-state index in [0.29, 0.717) is 40.6 Å². The number of carbonyl (C=O) groups is 4. The molecular formula is C65H85N5O10. The normalized spacial score (nSPS) is 27.5. The first kappa shape index (κ1) is 58.3. The van der Waals surface area contributed by atoms with Gasteiger partial charge in [0, 0.05) is 58.1 Å². The molecule has 5 fully saturated rings. The van der Waals surface area contributed by atoms with Crippen LogP contribution in [0.3, 0.4) is 0 Å². The molecule has 0 radical (unpaired) electrons. The number of aromatic amines is 1. The maximum absolute atomic E-state index is 13.6. The van der Waals surface area contributed by atoms with E-state index in [1.807, 2.05) is 78.9 Å². The molecule has 5 aliphatic rings. The molecule has 1 unspecified atom stereocenters. The predicted molar refractivity (Wildman–Crippen MR) is 308 cm³/mol. The predicted octanol–water partition coefficient (Wildman–Crippen LogP) is 9.66. The third-order valence-corrected chi connectivity index (χ3v) is 20.0. The standard InChI is InChI=1S/C65H85N5O10/c1-42(53-28-29-54-52-27-21-45-12-10-11-34-63(45,2)55(52)33-35-64(53,54)3)15-30-58(73)67-36-37-68-59(74)31-16-43-40-70(62(76)69-61(43)75)60-39-44(38-49(71)22-32-57(72)66-4)56(80-60)41-79-65(46-13-8-7-9-14-46,47-17-23-50(77-5)24-18-47)48-19-25-51(78-6)26-20-48/h7-9,13-14,16-20,23-26,31,40,42,44-45,52-56,60H,10-12,15,21-22,27-30,32-39,41H2,1-6H3,(H,66,72)(H,67,73)(H,68,74)(H,69,75,76)/b31-16+/t42-,44?,45+,52+,53-,54+,55+,56-,60-,63+,64-/m1/s1. The number of ether oxygens (including phenoxy) is 4. The molecule has 2 heterocycles. The second-order valence-electron chi connectivity index (χ2n) is 24.2. The molecule has 4 aliphatic carbocycles. The molecule has 4 N–H and O–H groups in total. The van der Waals surface area contributed by atoms with Gasteiger partial charge < -0.3 is 34.9 Å². The van der Waals surface area contributed by atoms with Crippen LogP contribution in [0.5, 0.6) is 11.5 Å². The Hall–Kier alpha value is -6.32. The fraction of sp³-hybridized carbons (Fsp3) is 0.569. The number of nitrogens with one attached hydrogen (secondary N) is 4. The molecule has 430 valence electrons. The third-order valence-electron chi connectivity index (χ3n) is 20.0. The lowest BCUT2D eigenvalue weighted by molar-refractivity contribution is -0.126. The number of aromatic nitrogens is 2. The van der Waals surface area contributed by atoms with Crippen molar-refractivity contribution >= 4 is 29.6 Å². The summed E-state index contributed by atoms with van der Waals surface area (Å²) < 4.78 is 26.2. The number of methoxy groups -OCH3 is 2. The molecule has 4 aromatic rings. The zero-order valence-electron chi connectivity index (χ0n) is 47.9. The maximum atomic E-state index is 13.6. The molecule has 15 nitrogen and oxygen atoms in total. The van der Waals surface area contributed by atoms with Crippen molar-refractivity contribution in [1.82, 2.24) is 25.5 Å². The number of hydrogen-bond donors (Lipinski definition) is 4. The molecule has 3 amide bonds. The maximum Gasteiger partial charge on any atom is 0.330 e. The first-order valence-corrected chi connectivity index (χ1v) is 29.5. The van der Waals surface area contributed by atoms with Crippen LogP contribution in [0.4, 0.5) is 0 Å². The SMILES string of the molecule is CNC(=O)CCC(=O)CC1C[C@H](n2cc(/C=C/C(=O)NCCNC(=O)CC[C@@H](C)[C@H]3CC[C@H]4[C@@H]5CC[C@@H]6CCCC[C@]6(C)[C@H]5CC[C@]34C)c(=O)[nH]c2=O)O[C@@H]1COC(c1ccccc1)(c1ccc(OC)cc1)c1ccc(OC)cc1. The van der Waals surface area contributed by atoms with Crippen LogP contribution in [0, 0.1) is 52.3 Å². The lowest BCUT2D eigenvalue weighted by atomic mass is 9.44. The highest BCUT2D eigenvalue weighted by molar-refractivity contribution is 5.91. The highest BCUT2D eigenvalue weighted by Crippen LogP contribution is 2.68. The Morgan fingerprint density at radius 3 is 2.14 bits per heavy atom. The molecule has 4 saturated carbocycles. The Morgan fingerprint density at radius 1 is 0.775 bits per heavy atom. The van der Waals surface area contributed by atoms with Crippen LogP contribution in [-0.4, -0.2) is 80.1 Å².